The molecule has 0 aliphatic heterocycles. The van der Waals surface area contributed by atoms with Gasteiger partial charge in [-0.05, 0) is 59.7 Å². The summed E-state index contributed by atoms with van der Waals surface area (Å²) in [4.78, 5) is 8.36. The van der Waals surface area contributed by atoms with E-state index in [2.05, 4.69) is 22.1 Å². The zero-order valence-corrected chi connectivity index (χ0v) is 26.9. The van der Waals surface area contributed by atoms with E-state index < -0.39 is 11.8 Å². The Morgan fingerprint density at radius 2 is 1.14 bits per heavy atom. The van der Waals surface area contributed by atoms with Gasteiger partial charge in [-0.25, -0.2) is 9.97 Å². The van der Waals surface area contributed by atoms with Crippen molar-refractivity contribution in [2.75, 3.05) is 13.9 Å². The number of ether oxygens (including phenoxy) is 2. The molecule has 4 aromatic rings. The van der Waals surface area contributed by atoms with Crippen LogP contribution in [-0.2, 0) is 22.7 Å². The average Bonchev–Trinajstić information content (AvgIpc) is 2.97. The molecule has 2 atom stereocenters. The van der Waals surface area contributed by atoms with Crippen LogP contribution in [-0.4, -0.2) is 29.0 Å². The minimum atomic E-state index is -0.750. The number of hydrogen-bond donors (Lipinski definition) is 1. The molecule has 0 radical (unpaired) electrons. The smallest absolute Gasteiger partial charge is 0.146 e. The molecule has 0 fully saturated rings. The fourth-order valence-corrected chi connectivity index (χ4v) is 5.70. The van der Waals surface area contributed by atoms with Crippen LogP contribution in [0.2, 0.25) is 30.4 Å². The van der Waals surface area contributed by atoms with Gasteiger partial charge in [0.25, 0.3) is 0 Å². The van der Waals surface area contributed by atoms with Crippen LogP contribution in [0.4, 0.5) is 0 Å². The number of halogens is 6. The second kappa shape index (κ2) is 17.0. The Morgan fingerprint density at radius 3 is 1.53 bits per heavy atom. The lowest BCUT2D eigenvalue weighted by Crippen LogP contribution is -2.05. The normalized spacial score (nSPS) is 12.0. The quantitative estimate of drug-likeness (QED) is 0.105. The number of benzene rings is 2. The minimum Gasteiger partial charge on any atom is -0.392 e. The van der Waals surface area contributed by atoms with Gasteiger partial charge >= 0.3 is 0 Å². The van der Waals surface area contributed by atoms with Crippen LogP contribution in [0, 0.1) is 22.7 Å². The number of aliphatic hydroxyl groups is 1. The van der Waals surface area contributed by atoms with Crippen LogP contribution in [0.5, 0.6) is 0 Å². The number of aromatic nitrogens is 2. The molecule has 2 unspecified atom stereocenters. The predicted molar refractivity (Wildman–Crippen MR) is 169 cm³/mol. The average molecular weight is 699 g/mol. The van der Waals surface area contributed by atoms with E-state index in [0.29, 0.717) is 48.2 Å². The molecule has 0 spiro atoms. The first-order valence-corrected chi connectivity index (χ1v) is 14.6. The third-order valence-electron chi connectivity index (χ3n) is 5.83. The summed E-state index contributed by atoms with van der Waals surface area (Å²) in [6, 6.07) is 21.0. The maximum absolute atomic E-state index is 9.58. The summed E-state index contributed by atoms with van der Waals surface area (Å²) >= 11 is 36.6. The predicted octanol–water partition coefficient (Wildman–Crippen LogP) is 9.01. The maximum atomic E-state index is 9.58. The lowest BCUT2D eigenvalue weighted by Gasteiger charge is -2.14. The fourth-order valence-electron chi connectivity index (χ4n) is 3.99. The SMILES string of the molecule is COCOCc1cc(Cl)nc(C(C#N)c2c(Cl)cccc2Cl)c1.N#CC(c1cc(CO)cc(Cl)n1)c1c(Cl)cccc1Cl. The van der Waals surface area contributed by atoms with Gasteiger partial charge < -0.3 is 14.6 Å². The zero-order valence-electron chi connectivity index (χ0n) is 22.4. The van der Waals surface area contributed by atoms with E-state index in [4.69, 9.17) is 79.1 Å². The second-order valence-electron chi connectivity index (χ2n) is 8.75. The molecule has 7 nitrogen and oxygen atoms in total. The van der Waals surface area contributed by atoms with Crippen molar-refractivity contribution in [2.24, 2.45) is 0 Å². The first-order valence-electron chi connectivity index (χ1n) is 12.3. The molecule has 4 rings (SSSR count). The summed E-state index contributed by atoms with van der Waals surface area (Å²) < 4.78 is 10.1. The van der Waals surface area contributed by atoms with Gasteiger partial charge in [-0.2, -0.15) is 10.5 Å². The Kier molecular flexibility index (Phi) is 13.8. The van der Waals surface area contributed by atoms with E-state index in [9.17, 15) is 15.6 Å². The molecule has 1 N–H and O–H groups in total. The topological polar surface area (TPSA) is 112 Å². The van der Waals surface area contributed by atoms with Crippen molar-refractivity contribution in [3.05, 3.63) is 125 Å². The van der Waals surface area contributed by atoms with Crippen molar-refractivity contribution in [3.8, 4) is 12.1 Å². The molecule has 2 aromatic heterocycles. The Hall–Kier alpha value is -2.66. The molecule has 0 bridgehead atoms. The highest BCUT2D eigenvalue weighted by Gasteiger charge is 2.23. The number of nitrogens with zero attached hydrogens (tertiary/aromatic N) is 4. The van der Waals surface area contributed by atoms with E-state index in [1.54, 1.807) is 54.6 Å². The standard InChI is InChI=1S/C16H13Cl3N2O2.C14H9Cl3N2O/c1-22-9-23-8-10-5-14(21-15(19)6-10)11(7-20)16-12(17)3-2-4-13(16)18;15-10-2-1-3-11(16)14(10)9(6-18)12-4-8(7-20)5-13(17)19-12/h2-6,11H,8-9H2,1H3;1-5,9,20H,7H2. The van der Waals surface area contributed by atoms with Gasteiger partial charge in [-0.1, -0.05) is 81.7 Å². The molecule has 0 amide bonds. The molecule has 0 aliphatic rings. The Balaban J connectivity index is 0.000000238. The van der Waals surface area contributed by atoms with Crippen LogP contribution in [0.3, 0.4) is 0 Å². The summed E-state index contributed by atoms with van der Waals surface area (Å²) in [5.41, 5.74) is 3.21. The lowest BCUT2D eigenvalue weighted by molar-refractivity contribution is -0.0391. The molecule has 0 saturated heterocycles. The number of pyridine rings is 2. The number of nitriles is 2. The van der Waals surface area contributed by atoms with Crippen LogP contribution in [0.25, 0.3) is 0 Å². The summed E-state index contributed by atoms with van der Waals surface area (Å²) in [6.45, 7) is 0.258. The molecular formula is C30H22Cl6N4O3. The van der Waals surface area contributed by atoms with Gasteiger partial charge in [0.1, 0.15) is 28.9 Å². The van der Waals surface area contributed by atoms with Gasteiger partial charge in [0.15, 0.2) is 0 Å². The summed E-state index contributed by atoms with van der Waals surface area (Å²) in [5.74, 6) is -1.48. The molecule has 222 valence electrons. The molecule has 0 aliphatic carbocycles. The van der Waals surface area contributed by atoms with Crippen molar-refractivity contribution in [1.29, 1.82) is 10.5 Å². The lowest BCUT2D eigenvalue weighted by atomic mass is 9.95. The third-order valence-corrected chi connectivity index (χ3v) is 7.53. The van der Waals surface area contributed by atoms with E-state index in [0.717, 1.165) is 5.56 Å². The second-order valence-corrected chi connectivity index (χ2v) is 11.2. The number of hydrogen-bond acceptors (Lipinski definition) is 7. The third kappa shape index (κ3) is 9.41. The number of aliphatic hydroxyl groups excluding tert-OH is 1. The zero-order chi connectivity index (χ0) is 31.5. The van der Waals surface area contributed by atoms with Crippen molar-refractivity contribution in [1.82, 2.24) is 9.97 Å². The Morgan fingerprint density at radius 1 is 0.721 bits per heavy atom. The van der Waals surface area contributed by atoms with Crippen molar-refractivity contribution < 1.29 is 14.6 Å². The van der Waals surface area contributed by atoms with Crippen molar-refractivity contribution >= 4 is 69.6 Å². The van der Waals surface area contributed by atoms with Crippen LogP contribution < -0.4 is 0 Å². The van der Waals surface area contributed by atoms with Gasteiger partial charge in [0.05, 0.1) is 36.7 Å². The molecule has 43 heavy (non-hydrogen) atoms. The Labute approximate surface area is 279 Å². The van der Waals surface area contributed by atoms with E-state index >= 15 is 0 Å². The van der Waals surface area contributed by atoms with Gasteiger partial charge in [0.2, 0.25) is 0 Å². The Bertz CT molecular complexity index is 1620. The van der Waals surface area contributed by atoms with Crippen LogP contribution in [0.1, 0.15) is 45.5 Å². The highest BCUT2D eigenvalue weighted by molar-refractivity contribution is 6.36. The van der Waals surface area contributed by atoms with Crippen LogP contribution >= 0.6 is 69.6 Å². The van der Waals surface area contributed by atoms with E-state index in [1.807, 2.05) is 0 Å². The van der Waals surface area contributed by atoms with Gasteiger partial charge in [-0.15, -0.1) is 0 Å². The number of methoxy groups -OCH3 is 1. The van der Waals surface area contributed by atoms with Crippen molar-refractivity contribution in [2.45, 2.75) is 25.0 Å². The summed E-state index contributed by atoms with van der Waals surface area (Å²) in [6.07, 6.45) is 0. The molecule has 2 heterocycles. The van der Waals surface area contributed by atoms with E-state index in [1.165, 1.54) is 13.2 Å². The molecule has 2 aromatic carbocycles. The highest BCUT2D eigenvalue weighted by Crippen LogP contribution is 2.36. The minimum absolute atomic E-state index is 0.160. The summed E-state index contributed by atoms with van der Waals surface area (Å²) in [7, 11) is 1.54. The fraction of sp³-hybridized carbons (Fsp3) is 0.200. The molecule has 13 heteroatoms. The molecular weight excluding hydrogens is 677 g/mol. The monoisotopic (exact) mass is 696 g/mol. The highest BCUT2D eigenvalue weighted by atomic mass is 35.5. The largest absolute Gasteiger partial charge is 0.392 e. The first-order chi connectivity index (χ1) is 20.6. The van der Waals surface area contributed by atoms with Crippen molar-refractivity contribution in [3.63, 3.8) is 0 Å². The van der Waals surface area contributed by atoms with Gasteiger partial charge in [-0.3, -0.25) is 0 Å². The van der Waals surface area contributed by atoms with Crippen LogP contribution in [0.15, 0.2) is 60.7 Å². The maximum Gasteiger partial charge on any atom is 0.146 e. The first kappa shape index (κ1) is 34.8. The molecule has 0 saturated carbocycles. The van der Waals surface area contributed by atoms with Gasteiger partial charge in [0, 0.05) is 38.3 Å². The van der Waals surface area contributed by atoms with E-state index in [-0.39, 0.29) is 30.3 Å². The summed E-state index contributed by atoms with van der Waals surface area (Å²) in [5, 5.41) is 30.3. The number of rotatable bonds is 9.